The Morgan fingerprint density at radius 1 is 1.15 bits per heavy atom. The number of allylic oxidation sites excluding steroid dienone is 4. The third-order valence-corrected chi connectivity index (χ3v) is 8.51. The molecule has 0 bridgehead atoms. The Balaban J connectivity index is 1.69. The Bertz CT molecular complexity index is 1990. The zero-order valence-electron chi connectivity index (χ0n) is 22.5. The Hall–Kier alpha value is -3.99. The van der Waals surface area contributed by atoms with Gasteiger partial charge in [0.15, 0.2) is 0 Å². The van der Waals surface area contributed by atoms with Crippen LogP contribution in [0.4, 0.5) is 5.69 Å². The van der Waals surface area contributed by atoms with Gasteiger partial charge in [-0.05, 0) is 61.8 Å². The molecule has 206 valence electrons. The van der Waals surface area contributed by atoms with Crippen molar-refractivity contribution < 1.29 is 22.0 Å². The van der Waals surface area contributed by atoms with Crippen LogP contribution in [0.3, 0.4) is 0 Å². The minimum Gasteiger partial charge on any atom is -0.398 e. The summed E-state index contributed by atoms with van der Waals surface area (Å²) in [7, 11) is -4.37. The van der Waals surface area contributed by atoms with E-state index in [9.17, 15) is 17.8 Å². The number of hydrogen-bond donors (Lipinski definition) is 1. The number of benzene rings is 2. The molecule has 5 rings (SSSR count). The van der Waals surface area contributed by atoms with Crippen molar-refractivity contribution in [2.24, 2.45) is 0 Å². The van der Waals surface area contributed by atoms with Gasteiger partial charge in [-0.15, -0.1) is 22.5 Å². The van der Waals surface area contributed by atoms with Gasteiger partial charge < -0.3 is 9.32 Å². The van der Waals surface area contributed by atoms with Crippen LogP contribution in [0, 0.1) is 13.8 Å². The van der Waals surface area contributed by atoms with Gasteiger partial charge in [0.2, 0.25) is 5.58 Å². The SMILES string of the molecule is C=CCn1c(=Cc2oc3cc(C)c(C)cc3[n+]2CS(=O)(=O)O)sc(=C/C=C2\C=CN(CC)c3ccccc32)c1=O. The summed E-state index contributed by atoms with van der Waals surface area (Å²) in [5.74, 6) is -0.484. The van der Waals surface area contributed by atoms with Crippen LogP contribution in [-0.2, 0) is 22.5 Å². The normalized spacial score (nSPS) is 15.4. The van der Waals surface area contributed by atoms with Gasteiger partial charge in [-0.3, -0.25) is 13.9 Å². The van der Waals surface area contributed by atoms with Crippen LogP contribution >= 0.6 is 11.3 Å². The first kappa shape index (κ1) is 27.6. The number of fused-ring (bicyclic) bond motifs is 2. The summed E-state index contributed by atoms with van der Waals surface area (Å²) in [5.41, 5.74) is 5.93. The molecule has 2 aromatic heterocycles. The second-order valence-corrected chi connectivity index (χ2v) is 12.0. The number of rotatable bonds is 7. The van der Waals surface area contributed by atoms with Gasteiger partial charge in [-0.25, -0.2) is 0 Å². The van der Waals surface area contributed by atoms with Gasteiger partial charge in [-0.1, -0.05) is 30.4 Å². The molecule has 0 aliphatic carbocycles. The molecule has 40 heavy (non-hydrogen) atoms. The summed E-state index contributed by atoms with van der Waals surface area (Å²) < 4.78 is 43.5. The number of aryl methyl sites for hydroxylation is 2. The minimum absolute atomic E-state index is 0.194. The molecule has 2 aromatic carbocycles. The van der Waals surface area contributed by atoms with E-state index < -0.39 is 16.0 Å². The Morgan fingerprint density at radius 3 is 2.62 bits per heavy atom. The van der Waals surface area contributed by atoms with Crippen molar-refractivity contribution in [3.05, 3.63) is 110 Å². The minimum atomic E-state index is -4.37. The van der Waals surface area contributed by atoms with Crippen molar-refractivity contribution in [1.82, 2.24) is 4.57 Å². The summed E-state index contributed by atoms with van der Waals surface area (Å²) in [4.78, 5) is 15.6. The highest BCUT2D eigenvalue weighted by atomic mass is 32.2. The number of aromatic nitrogens is 2. The molecule has 0 unspecified atom stereocenters. The molecule has 0 fully saturated rings. The number of anilines is 1. The third kappa shape index (κ3) is 5.38. The zero-order valence-corrected chi connectivity index (χ0v) is 24.1. The molecule has 0 spiro atoms. The highest BCUT2D eigenvalue weighted by molar-refractivity contribution is 7.84. The first-order chi connectivity index (χ1) is 19.1. The average Bonchev–Trinajstić information content (AvgIpc) is 3.38. The second kappa shape index (κ2) is 10.9. The predicted octanol–water partition coefficient (Wildman–Crippen LogP) is 3.64. The summed E-state index contributed by atoms with van der Waals surface area (Å²) in [6, 6.07) is 11.8. The van der Waals surface area contributed by atoms with Crippen LogP contribution < -0.4 is 24.2 Å². The number of thiazole rings is 1. The van der Waals surface area contributed by atoms with E-state index in [0.29, 0.717) is 20.3 Å². The maximum absolute atomic E-state index is 13.4. The first-order valence-corrected chi connectivity index (χ1v) is 15.2. The number of nitrogens with zero attached hydrogens (tertiary/aromatic N) is 3. The van der Waals surface area contributed by atoms with Gasteiger partial charge in [0.1, 0.15) is 4.66 Å². The van der Waals surface area contributed by atoms with E-state index in [1.807, 2.05) is 56.5 Å². The van der Waals surface area contributed by atoms with Crippen molar-refractivity contribution >= 4 is 56.0 Å². The number of hydrogen-bond acceptors (Lipinski definition) is 6. The van der Waals surface area contributed by atoms with Gasteiger partial charge in [0.05, 0.1) is 10.6 Å². The molecule has 0 amide bonds. The first-order valence-electron chi connectivity index (χ1n) is 12.8. The smallest absolute Gasteiger partial charge is 0.378 e. The Labute approximate surface area is 236 Å². The van der Waals surface area contributed by atoms with Gasteiger partial charge in [0.25, 0.3) is 17.0 Å². The largest absolute Gasteiger partial charge is 0.398 e. The Morgan fingerprint density at radius 2 is 1.90 bits per heavy atom. The van der Waals surface area contributed by atoms with Gasteiger partial charge in [0, 0.05) is 36.6 Å². The lowest BCUT2D eigenvalue weighted by molar-refractivity contribution is -0.658. The lowest BCUT2D eigenvalue weighted by Crippen LogP contribution is -2.40. The number of para-hydroxylation sites is 1. The molecule has 3 heterocycles. The second-order valence-electron chi connectivity index (χ2n) is 9.54. The molecule has 1 N–H and O–H groups in total. The summed E-state index contributed by atoms with van der Waals surface area (Å²) >= 11 is 1.27. The van der Waals surface area contributed by atoms with Crippen LogP contribution in [0.5, 0.6) is 0 Å². The van der Waals surface area contributed by atoms with Crippen molar-refractivity contribution in [2.45, 2.75) is 33.2 Å². The van der Waals surface area contributed by atoms with E-state index in [1.165, 1.54) is 15.9 Å². The molecule has 0 saturated carbocycles. The fourth-order valence-electron chi connectivity index (χ4n) is 4.72. The van der Waals surface area contributed by atoms with Crippen molar-refractivity contribution in [2.75, 3.05) is 11.4 Å². The van der Waals surface area contributed by atoms with Crippen molar-refractivity contribution in [3.8, 4) is 0 Å². The van der Waals surface area contributed by atoms with Gasteiger partial charge in [-0.2, -0.15) is 8.42 Å². The molecule has 8 nitrogen and oxygen atoms in total. The molecule has 1 aliphatic heterocycles. The molecule has 0 saturated heterocycles. The molecular formula is C30H30N3O5S2+. The van der Waals surface area contributed by atoms with E-state index >= 15 is 0 Å². The van der Waals surface area contributed by atoms with E-state index in [0.717, 1.165) is 34.5 Å². The highest BCUT2D eigenvalue weighted by Crippen LogP contribution is 2.32. The lowest BCUT2D eigenvalue weighted by atomic mass is 9.99. The monoisotopic (exact) mass is 576 g/mol. The van der Waals surface area contributed by atoms with E-state index in [4.69, 9.17) is 4.42 Å². The summed E-state index contributed by atoms with van der Waals surface area (Å²) in [6.45, 7) is 10.8. The molecule has 10 heteroatoms. The van der Waals surface area contributed by atoms with Crippen LogP contribution in [0.25, 0.3) is 28.8 Å². The van der Waals surface area contributed by atoms with E-state index in [-0.39, 0.29) is 18.0 Å². The molecule has 0 radical (unpaired) electrons. The summed E-state index contributed by atoms with van der Waals surface area (Å²) in [5, 5.41) is 0. The highest BCUT2D eigenvalue weighted by Gasteiger charge is 2.27. The molecular weight excluding hydrogens is 546 g/mol. The lowest BCUT2D eigenvalue weighted by Gasteiger charge is -2.26. The van der Waals surface area contributed by atoms with E-state index in [1.54, 1.807) is 22.8 Å². The maximum Gasteiger partial charge on any atom is 0.378 e. The van der Waals surface area contributed by atoms with Crippen LogP contribution in [0.1, 0.15) is 29.5 Å². The number of oxazole rings is 1. The van der Waals surface area contributed by atoms with Crippen LogP contribution in [-0.4, -0.2) is 24.1 Å². The molecule has 0 atom stereocenters. The fraction of sp³-hybridized carbons (Fsp3) is 0.200. The molecule has 4 aromatic rings. The Kier molecular flexibility index (Phi) is 7.50. The van der Waals surface area contributed by atoms with Crippen molar-refractivity contribution in [1.29, 1.82) is 0 Å². The summed E-state index contributed by atoms with van der Waals surface area (Å²) in [6.07, 6.45) is 11.1. The quantitative estimate of drug-likeness (QED) is 0.205. The standard InChI is InChI=1S/C30H29N3O5S2/c1-5-14-32-29(18-28-33(19-40(35,36)37)25-16-20(3)21(4)17-26(25)38-28)39-27(30(32)34)12-11-22-13-15-31(6-2)24-10-8-7-9-23(22)24/h5,7-13,15-18H,1,6,14,19H2,2-4H3/p+1/b22-11+,27-12?. The molecule has 1 aliphatic rings. The predicted molar refractivity (Wildman–Crippen MR) is 160 cm³/mol. The maximum atomic E-state index is 13.4. The fourth-order valence-corrected chi connectivity index (χ4v) is 6.30. The van der Waals surface area contributed by atoms with Crippen LogP contribution in [0.2, 0.25) is 0 Å². The third-order valence-electron chi connectivity index (χ3n) is 6.85. The topological polar surface area (TPSA) is 96.6 Å². The van der Waals surface area contributed by atoms with Gasteiger partial charge >= 0.3 is 16.0 Å². The van der Waals surface area contributed by atoms with Crippen molar-refractivity contribution in [3.63, 3.8) is 0 Å². The van der Waals surface area contributed by atoms with E-state index in [2.05, 4.69) is 30.5 Å². The van der Waals surface area contributed by atoms with Crippen LogP contribution in [0.15, 0.2) is 76.6 Å². The average molecular weight is 577 g/mol. The zero-order chi connectivity index (χ0) is 28.6.